The molecule has 150 valence electrons. The van der Waals surface area contributed by atoms with Crippen molar-refractivity contribution in [3.05, 3.63) is 63.9 Å². The molecule has 0 saturated carbocycles. The van der Waals surface area contributed by atoms with Gasteiger partial charge in [-0.3, -0.25) is 0 Å². The van der Waals surface area contributed by atoms with Gasteiger partial charge in [0.2, 0.25) is 0 Å². The number of aromatic hydroxyl groups is 1. The summed E-state index contributed by atoms with van der Waals surface area (Å²) in [4.78, 5) is 0. The maximum atomic E-state index is 12.1. The predicted molar refractivity (Wildman–Crippen MR) is 112 cm³/mol. The summed E-state index contributed by atoms with van der Waals surface area (Å²) in [7, 11) is 0. The molecule has 3 unspecified atom stereocenters. The third-order valence-electron chi connectivity index (χ3n) is 4.62. The smallest absolute Gasteiger partial charge is 0.124 e. The molecular formula is C22H25Cl2FN2O. The Hall–Kier alpha value is -1.80. The van der Waals surface area contributed by atoms with E-state index in [1.54, 1.807) is 30.3 Å². The molecule has 0 bridgehead atoms. The molecule has 2 aromatic rings. The number of phenolic OH excluding ortho intramolecular Hbond substituents is 1. The second-order valence-electron chi connectivity index (χ2n) is 8.18. The number of nitriles is 1. The molecule has 2 aromatic carbocycles. The lowest BCUT2D eigenvalue weighted by atomic mass is 9.79. The van der Waals surface area contributed by atoms with Crippen LogP contribution in [0.3, 0.4) is 0 Å². The Kier molecular flexibility index (Phi) is 7.71. The van der Waals surface area contributed by atoms with Gasteiger partial charge in [-0.1, -0.05) is 50.0 Å². The van der Waals surface area contributed by atoms with E-state index in [-0.39, 0.29) is 34.9 Å². The third kappa shape index (κ3) is 6.38. The second kappa shape index (κ2) is 9.60. The van der Waals surface area contributed by atoms with Gasteiger partial charge >= 0.3 is 0 Å². The zero-order chi connectivity index (χ0) is 20.9. The van der Waals surface area contributed by atoms with E-state index < -0.39 is 0 Å². The van der Waals surface area contributed by atoms with E-state index >= 15 is 0 Å². The Morgan fingerprint density at radius 1 is 1.18 bits per heavy atom. The standard InChI is InChI=1S/C16H21ClN2O.C6H4ClF/c1-16(2,3)7-14-12(8-18)13(9-19-14)11-6-10(17)4-5-15(11)20;7-5-2-1-3-6(8)4-5/h4-6,12-14,19-20H,7,9H2,1-3H3;1-4H. The lowest BCUT2D eigenvalue weighted by Crippen LogP contribution is -2.31. The molecule has 2 N–H and O–H groups in total. The molecule has 0 spiro atoms. The van der Waals surface area contributed by atoms with Gasteiger partial charge in [-0.2, -0.15) is 5.26 Å². The fourth-order valence-electron chi connectivity index (χ4n) is 3.44. The Bertz CT molecular complexity index is 828. The normalized spacial score (nSPS) is 21.5. The molecule has 0 aromatic heterocycles. The fourth-order valence-corrected chi connectivity index (χ4v) is 3.79. The minimum Gasteiger partial charge on any atom is -0.508 e. The molecule has 0 aliphatic carbocycles. The Labute approximate surface area is 176 Å². The van der Waals surface area contributed by atoms with Crippen molar-refractivity contribution in [1.82, 2.24) is 5.32 Å². The molecular weight excluding hydrogens is 398 g/mol. The van der Waals surface area contributed by atoms with E-state index in [1.165, 1.54) is 12.1 Å². The van der Waals surface area contributed by atoms with Crippen LogP contribution in [0, 0.1) is 28.5 Å². The van der Waals surface area contributed by atoms with Gasteiger partial charge in [-0.25, -0.2) is 4.39 Å². The average Bonchev–Trinajstić information content (AvgIpc) is 2.98. The van der Waals surface area contributed by atoms with Crippen LogP contribution in [0.2, 0.25) is 10.0 Å². The number of benzene rings is 2. The predicted octanol–water partition coefficient (Wildman–Crippen LogP) is 6.16. The number of rotatable bonds is 2. The minimum absolute atomic E-state index is 0.00829. The van der Waals surface area contributed by atoms with E-state index in [2.05, 4.69) is 32.2 Å². The van der Waals surface area contributed by atoms with Gasteiger partial charge in [-0.05, 0) is 48.2 Å². The Balaban J connectivity index is 0.000000292. The number of phenols is 1. The maximum absolute atomic E-state index is 12.1. The summed E-state index contributed by atoms with van der Waals surface area (Å²) in [6.45, 7) is 7.22. The van der Waals surface area contributed by atoms with E-state index in [0.717, 1.165) is 12.0 Å². The molecule has 6 heteroatoms. The molecule has 1 aliphatic heterocycles. The second-order valence-corrected chi connectivity index (χ2v) is 9.06. The van der Waals surface area contributed by atoms with Crippen LogP contribution >= 0.6 is 23.2 Å². The van der Waals surface area contributed by atoms with Crippen LogP contribution in [-0.2, 0) is 0 Å². The molecule has 1 fully saturated rings. The van der Waals surface area contributed by atoms with Crippen molar-refractivity contribution in [3.63, 3.8) is 0 Å². The first kappa shape index (κ1) is 22.5. The SMILES string of the molecule is CC(C)(C)CC1NCC(c2cc(Cl)ccc2O)C1C#N.Fc1cccc(Cl)c1. The number of hydrogen-bond acceptors (Lipinski definition) is 3. The van der Waals surface area contributed by atoms with Gasteiger partial charge < -0.3 is 10.4 Å². The largest absolute Gasteiger partial charge is 0.508 e. The topological polar surface area (TPSA) is 56.0 Å². The quantitative estimate of drug-likeness (QED) is 0.609. The van der Waals surface area contributed by atoms with Gasteiger partial charge in [0, 0.05) is 34.1 Å². The highest BCUT2D eigenvalue weighted by atomic mass is 35.5. The monoisotopic (exact) mass is 422 g/mol. The van der Waals surface area contributed by atoms with Crippen LogP contribution in [0.5, 0.6) is 5.75 Å². The van der Waals surface area contributed by atoms with E-state index in [0.29, 0.717) is 16.6 Å². The number of nitrogens with zero attached hydrogens (tertiary/aromatic N) is 1. The molecule has 0 radical (unpaired) electrons. The summed E-state index contributed by atoms with van der Waals surface area (Å²) in [5.74, 6) is -0.222. The van der Waals surface area contributed by atoms with Crippen LogP contribution in [0.4, 0.5) is 4.39 Å². The number of hydrogen-bond donors (Lipinski definition) is 2. The molecule has 0 amide bonds. The van der Waals surface area contributed by atoms with Crippen LogP contribution in [0.25, 0.3) is 0 Å². The zero-order valence-corrected chi connectivity index (χ0v) is 17.7. The van der Waals surface area contributed by atoms with Crippen molar-refractivity contribution in [2.45, 2.75) is 39.2 Å². The van der Waals surface area contributed by atoms with Crippen molar-refractivity contribution >= 4 is 23.2 Å². The molecule has 28 heavy (non-hydrogen) atoms. The Morgan fingerprint density at radius 2 is 1.86 bits per heavy atom. The molecule has 1 saturated heterocycles. The van der Waals surface area contributed by atoms with Crippen LogP contribution in [0.15, 0.2) is 42.5 Å². The summed E-state index contributed by atoms with van der Waals surface area (Å²) >= 11 is 11.4. The van der Waals surface area contributed by atoms with Gasteiger partial charge in [0.05, 0.1) is 12.0 Å². The van der Waals surface area contributed by atoms with Gasteiger partial charge in [0.1, 0.15) is 11.6 Å². The van der Waals surface area contributed by atoms with Gasteiger partial charge in [-0.15, -0.1) is 0 Å². The van der Waals surface area contributed by atoms with Crippen LogP contribution in [0.1, 0.15) is 38.7 Å². The highest BCUT2D eigenvalue weighted by molar-refractivity contribution is 6.30. The van der Waals surface area contributed by atoms with E-state index in [9.17, 15) is 14.8 Å². The van der Waals surface area contributed by atoms with Crippen molar-refractivity contribution in [3.8, 4) is 11.8 Å². The molecule has 3 rings (SSSR count). The van der Waals surface area contributed by atoms with Crippen molar-refractivity contribution < 1.29 is 9.50 Å². The van der Waals surface area contributed by atoms with Crippen molar-refractivity contribution in [1.29, 1.82) is 5.26 Å². The van der Waals surface area contributed by atoms with E-state index in [4.69, 9.17) is 23.2 Å². The van der Waals surface area contributed by atoms with Crippen molar-refractivity contribution in [2.75, 3.05) is 6.54 Å². The third-order valence-corrected chi connectivity index (χ3v) is 5.09. The van der Waals surface area contributed by atoms with E-state index in [1.807, 2.05) is 0 Å². The zero-order valence-electron chi connectivity index (χ0n) is 16.2. The first-order valence-electron chi connectivity index (χ1n) is 9.13. The summed E-state index contributed by atoms with van der Waals surface area (Å²) in [6.07, 6.45) is 0.934. The summed E-state index contributed by atoms with van der Waals surface area (Å²) < 4.78 is 12.1. The van der Waals surface area contributed by atoms with Gasteiger partial charge in [0.25, 0.3) is 0 Å². The highest BCUT2D eigenvalue weighted by Gasteiger charge is 2.39. The number of halogens is 3. The van der Waals surface area contributed by atoms with Crippen LogP contribution in [-0.4, -0.2) is 17.7 Å². The summed E-state index contributed by atoms with van der Waals surface area (Å²) in [5.41, 5.74) is 0.936. The lowest BCUT2D eigenvalue weighted by molar-refractivity contribution is 0.303. The highest BCUT2D eigenvalue weighted by Crippen LogP contribution is 2.40. The maximum Gasteiger partial charge on any atom is 0.124 e. The first-order chi connectivity index (χ1) is 13.1. The summed E-state index contributed by atoms with van der Waals surface area (Å²) in [6, 6.07) is 13.4. The molecule has 1 aliphatic rings. The lowest BCUT2D eigenvalue weighted by Gasteiger charge is -2.26. The molecule has 3 atom stereocenters. The summed E-state index contributed by atoms with van der Waals surface area (Å²) in [5, 5.41) is 24.0. The molecule has 3 nitrogen and oxygen atoms in total. The van der Waals surface area contributed by atoms with Crippen molar-refractivity contribution in [2.24, 2.45) is 11.3 Å². The molecule has 1 heterocycles. The van der Waals surface area contributed by atoms with Crippen LogP contribution < -0.4 is 5.32 Å². The minimum atomic E-state index is -0.294. The fraction of sp³-hybridized carbons (Fsp3) is 0.409. The Morgan fingerprint density at radius 3 is 2.39 bits per heavy atom. The first-order valence-corrected chi connectivity index (χ1v) is 9.89. The average molecular weight is 423 g/mol. The van der Waals surface area contributed by atoms with Gasteiger partial charge in [0.15, 0.2) is 0 Å². The number of nitrogens with one attached hydrogen (secondary N) is 1.